The summed E-state index contributed by atoms with van der Waals surface area (Å²) < 4.78 is 1.03. The summed E-state index contributed by atoms with van der Waals surface area (Å²) in [6, 6.07) is -0.665. The molecule has 2 atom stereocenters. The Bertz CT molecular complexity index is 143. The van der Waals surface area contributed by atoms with Crippen LogP contribution in [0.4, 0.5) is 0 Å². The van der Waals surface area contributed by atoms with Gasteiger partial charge in [0.25, 0.3) is 0 Å². The van der Waals surface area contributed by atoms with Gasteiger partial charge in [-0.1, -0.05) is 20.3 Å². The first-order chi connectivity index (χ1) is 5.00. The minimum Gasteiger partial charge on any atom is -0.480 e. The van der Waals surface area contributed by atoms with E-state index in [0.29, 0.717) is 0 Å². The van der Waals surface area contributed by atoms with Crippen molar-refractivity contribution in [1.82, 2.24) is 3.45 Å². The highest BCUT2D eigenvalue weighted by Crippen LogP contribution is 2.20. The summed E-state index contributed by atoms with van der Waals surface area (Å²) in [5, 5.41) is 8.69. The molecule has 0 rings (SSSR count). The van der Waals surface area contributed by atoms with Crippen LogP contribution in [-0.2, 0) is 4.79 Å². The van der Waals surface area contributed by atoms with Gasteiger partial charge in [-0.25, -0.2) is 0 Å². The van der Waals surface area contributed by atoms with Crippen molar-refractivity contribution >= 4 is 33.9 Å². The van der Waals surface area contributed by atoms with Gasteiger partial charge in [0, 0.05) is 16.1 Å². The molecule has 0 fully saturated rings. The molecular formula is C6H11BrClNO2. The monoisotopic (exact) mass is 243 g/mol. The lowest BCUT2D eigenvalue weighted by Gasteiger charge is -2.20. The van der Waals surface area contributed by atoms with Crippen LogP contribution >= 0.6 is 27.9 Å². The molecule has 0 amide bonds. The largest absolute Gasteiger partial charge is 0.480 e. The van der Waals surface area contributed by atoms with Crippen LogP contribution in [-0.4, -0.2) is 20.6 Å². The first kappa shape index (κ1) is 11.2. The van der Waals surface area contributed by atoms with Crippen molar-refractivity contribution < 1.29 is 9.90 Å². The average molecular weight is 245 g/mol. The molecule has 11 heavy (non-hydrogen) atoms. The van der Waals surface area contributed by atoms with E-state index in [9.17, 15) is 4.79 Å². The number of carboxylic acids is 1. The van der Waals surface area contributed by atoms with Crippen molar-refractivity contribution in [2.75, 3.05) is 0 Å². The van der Waals surface area contributed by atoms with E-state index in [-0.39, 0.29) is 5.92 Å². The first-order valence-corrected chi connectivity index (χ1v) is 4.39. The highest BCUT2D eigenvalue weighted by atomic mass is 79.9. The maximum atomic E-state index is 10.6. The van der Waals surface area contributed by atoms with Gasteiger partial charge in [-0.2, -0.15) is 0 Å². The maximum absolute atomic E-state index is 10.6. The summed E-state index contributed by atoms with van der Waals surface area (Å²) in [7, 11) is 0. The van der Waals surface area contributed by atoms with Gasteiger partial charge in [-0.05, 0) is 17.7 Å². The molecule has 3 nitrogen and oxygen atoms in total. The van der Waals surface area contributed by atoms with Crippen molar-refractivity contribution in [1.29, 1.82) is 0 Å². The molecule has 0 saturated heterocycles. The molecule has 0 spiro atoms. The van der Waals surface area contributed by atoms with Gasteiger partial charge in [0.05, 0.1) is 0 Å². The zero-order valence-corrected chi connectivity index (χ0v) is 8.76. The number of aliphatic carboxylic acids is 1. The fraction of sp³-hybridized carbons (Fsp3) is 0.833. The number of carboxylic acid groups (broad SMARTS) is 1. The number of nitrogens with zero attached hydrogens (tertiary/aromatic N) is 1. The van der Waals surface area contributed by atoms with Gasteiger partial charge in [0.2, 0.25) is 0 Å². The number of halogens is 2. The molecule has 0 heterocycles. The van der Waals surface area contributed by atoms with E-state index >= 15 is 0 Å². The molecule has 1 N–H and O–H groups in total. The molecular weight excluding hydrogens is 233 g/mol. The minimum absolute atomic E-state index is 0.0318. The molecule has 0 radical (unpaired) electrons. The quantitative estimate of drug-likeness (QED) is 0.771. The predicted molar refractivity (Wildman–Crippen MR) is 47.5 cm³/mol. The molecule has 0 aromatic heterocycles. The lowest BCUT2D eigenvalue weighted by atomic mass is 10.0. The average Bonchev–Trinajstić information content (AvgIpc) is 1.85. The third-order valence-corrected chi connectivity index (χ3v) is 2.30. The smallest absolute Gasteiger partial charge is 0.323 e. The van der Waals surface area contributed by atoms with E-state index in [1.807, 2.05) is 13.8 Å². The molecule has 0 saturated carbocycles. The van der Waals surface area contributed by atoms with Crippen molar-refractivity contribution in [2.45, 2.75) is 26.3 Å². The number of carbonyl (C=O) groups is 1. The van der Waals surface area contributed by atoms with Crippen LogP contribution in [0.5, 0.6) is 0 Å². The van der Waals surface area contributed by atoms with E-state index in [1.54, 1.807) is 0 Å². The second-order valence-electron chi connectivity index (χ2n) is 2.43. The zero-order valence-electron chi connectivity index (χ0n) is 6.42. The SMILES string of the molecule is CC[C@H](C)[C@@H](C(=O)O)N(Cl)Br. The summed E-state index contributed by atoms with van der Waals surface area (Å²) in [6.45, 7) is 3.77. The molecule has 0 aliphatic heterocycles. The van der Waals surface area contributed by atoms with Crippen LogP contribution < -0.4 is 0 Å². The fourth-order valence-corrected chi connectivity index (χ4v) is 1.60. The van der Waals surface area contributed by atoms with E-state index in [2.05, 4.69) is 16.1 Å². The lowest BCUT2D eigenvalue weighted by Crippen LogP contribution is -2.35. The fourth-order valence-electron chi connectivity index (χ4n) is 0.743. The van der Waals surface area contributed by atoms with Crippen LogP contribution in [0.15, 0.2) is 0 Å². The van der Waals surface area contributed by atoms with Gasteiger partial charge in [0.15, 0.2) is 0 Å². The Morgan fingerprint density at radius 2 is 2.27 bits per heavy atom. The Hall–Kier alpha value is 0.200. The van der Waals surface area contributed by atoms with Crippen LogP contribution in [0.3, 0.4) is 0 Å². The van der Waals surface area contributed by atoms with Crippen molar-refractivity contribution in [3.05, 3.63) is 0 Å². The second kappa shape index (κ2) is 4.95. The number of hydrogen-bond donors (Lipinski definition) is 1. The van der Waals surface area contributed by atoms with Gasteiger partial charge in [-0.15, -0.1) is 3.45 Å². The standard InChI is InChI=1S/C6H11BrClNO2/c1-3-4(2)5(6(10)11)9(7)8/h4-5H,3H2,1-2H3,(H,10,11)/t4-,5-/m0/s1. The second-order valence-corrected chi connectivity index (χ2v) is 3.96. The van der Waals surface area contributed by atoms with E-state index < -0.39 is 12.0 Å². The van der Waals surface area contributed by atoms with Crippen LogP contribution in [0.1, 0.15) is 20.3 Å². The predicted octanol–water partition coefficient (Wildman–Crippen LogP) is 2.25. The molecule has 0 unspecified atom stereocenters. The van der Waals surface area contributed by atoms with Crippen LogP contribution in [0.25, 0.3) is 0 Å². The zero-order chi connectivity index (χ0) is 9.02. The molecule has 0 aromatic carbocycles. The minimum atomic E-state index is -0.911. The molecule has 0 bridgehead atoms. The van der Waals surface area contributed by atoms with Crippen LogP contribution in [0, 0.1) is 5.92 Å². The third-order valence-electron chi connectivity index (χ3n) is 1.65. The maximum Gasteiger partial charge on any atom is 0.323 e. The van der Waals surface area contributed by atoms with E-state index in [1.165, 1.54) is 0 Å². The van der Waals surface area contributed by atoms with Gasteiger partial charge >= 0.3 is 5.97 Å². The Morgan fingerprint density at radius 1 is 1.82 bits per heavy atom. The van der Waals surface area contributed by atoms with Crippen molar-refractivity contribution in [3.63, 3.8) is 0 Å². The van der Waals surface area contributed by atoms with Crippen LogP contribution in [0.2, 0.25) is 0 Å². The molecule has 0 aliphatic rings. The molecule has 66 valence electrons. The lowest BCUT2D eigenvalue weighted by molar-refractivity contribution is -0.141. The molecule has 0 aliphatic carbocycles. The topological polar surface area (TPSA) is 40.5 Å². The van der Waals surface area contributed by atoms with Crippen molar-refractivity contribution in [2.24, 2.45) is 5.92 Å². The normalized spacial score (nSPS) is 16.5. The Balaban J connectivity index is 4.21. The molecule has 0 aromatic rings. The molecule has 5 heteroatoms. The Labute approximate surface area is 79.8 Å². The summed E-state index contributed by atoms with van der Waals surface area (Å²) >= 11 is 8.38. The summed E-state index contributed by atoms with van der Waals surface area (Å²) in [5.74, 6) is -0.879. The first-order valence-electron chi connectivity index (χ1n) is 3.34. The summed E-state index contributed by atoms with van der Waals surface area (Å²) in [4.78, 5) is 10.6. The highest BCUT2D eigenvalue weighted by molar-refractivity contribution is 9.08. The Kier molecular flexibility index (Phi) is 5.04. The van der Waals surface area contributed by atoms with E-state index in [0.717, 1.165) is 9.87 Å². The highest BCUT2D eigenvalue weighted by Gasteiger charge is 2.27. The number of rotatable bonds is 4. The Morgan fingerprint density at radius 3 is 2.36 bits per heavy atom. The summed E-state index contributed by atoms with van der Waals surface area (Å²) in [6.07, 6.45) is 0.784. The third kappa shape index (κ3) is 3.40. The van der Waals surface area contributed by atoms with Crippen molar-refractivity contribution in [3.8, 4) is 0 Å². The van der Waals surface area contributed by atoms with Gasteiger partial charge in [0.1, 0.15) is 6.04 Å². The number of hydrogen-bond acceptors (Lipinski definition) is 2. The van der Waals surface area contributed by atoms with Gasteiger partial charge in [-0.3, -0.25) is 4.79 Å². The van der Waals surface area contributed by atoms with Gasteiger partial charge < -0.3 is 5.11 Å². The van der Waals surface area contributed by atoms with E-state index in [4.69, 9.17) is 16.9 Å². The summed E-state index contributed by atoms with van der Waals surface area (Å²) in [5.41, 5.74) is 0.